The average molecular weight is 439 g/mol. The Morgan fingerprint density at radius 1 is 0.909 bits per heavy atom. The van der Waals surface area contributed by atoms with Gasteiger partial charge in [0.2, 0.25) is 5.76 Å². The SMILES string of the molecule is Cc1cccc(N2CCN(C(=O)c3oc(=O)c4ccccc4c3-c3ccccc3)C[C@H]2C)c1. The van der Waals surface area contributed by atoms with E-state index in [4.69, 9.17) is 4.42 Å². The Labute approximate surface area is 192 Å². The molecular weight excluding hydrogens is 412 g/mol. The van der Waals surface area contributed by atoms with Crippen molar-refractivity contribution in [3.63, 3.8) is 0 Å². The van der Waals surface area contributed by atoms with Crippen molar-refractivity contribution >= 4 is 22.4 Å². The van der Waals surface area contributed by atoms with Gasteiger partial charge in [0, 0.05) is 42.3 Å². The molecule has 0 spiro atoms. The molecule has 2 heterocycles. The maximum absolute atomic E-state index is 13.7. The Morgan fingerprint density at radius 2 is 1.64 bits per heavy atom. The molecule has 1 aliphatic heterocycles. The lowest BCUT2D eigenvalue weighted by Gasteiger charge is -2.41. The Kier molecular flexibility index (Phi) is 5.47. The van der Waals surface area contributed by atoms with E-state index in [-0.39, 0.29) is 17.7 Å². The van der Waals surface area contributed by atoms with E-state index in [1.54, 1.807) is 11.0 Å². The van der Waals surface area contributed by atoms with E-state index >= 15 is 0 Å². The first kappa shape index (κ1) is 21.0. The summed E-state index contributed by atoms with van der Waals surface area (Å²) in [7, 11) is 0. The molecule has 1 fully saturated rings. The summed E-state index contributed by atoms with van der Waals surface area (Å²) >= 11 is 0. The molecule has 0 radical (unpaired) electrons. The summed E-state index contributed by atoms with van der Waals surface area (Å²) in [6.45, 7) is 6.03. The molecule has 0 N–H and O–H groups in total. The third kappa shape index (κ3) is 3.91. The molecule has 4 aromatic rings. The standard InChI is InChI=1S/C28H26N2O3/c1-19-9-8-12-22(17-19)30-16-15-29(18-20(30)2)27(31)26-25(21-10-4-3-5-11-21)23-13-6-7-14-24(23)28(32)33-26/h3-14,17,20H,15-16,18H2,1-2H3/t20-/m1/s1. The Balaban J connectivity index is 1.52. The molecule has 5 nitrogen and oxygen atoms in total. The maximum Gasteiger partial charge on any atom is 0.344 e. The van der Waals surface area contributed by atoms with Gasteiger partial charge in [0.1, 0.15) is 0 Å². The number of hydrogen-bond acceptors (Lipinski definition) is 4. The number of anilines is 1. The number of rotatable bonds is 3. The van der Waals surface area contributed by atoms with Crippen LogP contribution in [-0.4, -0.2) is 36.5 Å². The molecule has 1 amide bonds. The minimum atomic E-state index is -0.486. The molecule has 0 bridgehead atoms. The highest BCUT2D eigenvalue weighted by molar-refractivity contribution is 6.07. The summed E-state index contributed by atoms with van der Waals surface area (Å²) in [6.07, 6.45) is 0. The van der Waals surface area contributed by atoms with Crippen molar-refractivity contribution in [2.75, 3.05) is 24.5 Å². The molecule has 1 aromatic heterocycles. The van der Waals surface area contributed by atoms with Crippen LogP contribution in [0.25, 0.3) is 21.9 Å². The van der Waals surface area contributed by atoms with Crippen LogP contribution in [0, 0.1) is 6.92 Å². The van der Waals surface area contributed by atoms with E-state index in [2.05, 4.69) is 43.0 Å². The molecule has 0 saturated carbocycles. The van der Waals surface area contributed by atoms with Gasteiger partial charge in [0.25, 0.3) is 5.91 Å². The van der Waals surface area contributed by atoms with E-state index in [1.165, 1.54) is 5.56 Å². The molecule has 1 saturated heterocycles. The first-order valence-electron chi connectivity index (χ1n) is 11.3. The largest absolute Gasteiger partial charge is 0.416 e. The summed E-state index contributed by atoms with van der Waals surface area (Å²) in [4.78, 5) is 30.6. The number of fused-ring (bicyclic) bond motifs is 1. The van der Waals surface area contributed by atoms with Crippen LogP contribution in [0.1, 0.15) is 23.0 Å². The van der Waals surface area contributed by atoms with Gasteiger partial charge in [-0.3, -0.25) is 4.79 Å². The second-order valence-corrected chi connectivity index (χ2v) is 8.64. The van der Waals surface area contributed by atoms with Crippen molar-refractivity contribution in [3.05, 3.63) is 101 Å². The van der Waals surface area contributed by atoms with Crippen LogP contribution < -0.4 is 10.5 Å². The van der Waals surface area contributed by atoms with Gasteiger partial charge in [-0.05, 0) is 43.2 Å². The average Bonchev–Trinajstić information content (AvgIpc) is 2.84. The number of carbonyl (C=O) groups is 1. The Morgan fingerprint density at radius 3 is 2.36 bits per heavy atom. The lowest BCUT2D eigenvalue weighted by molar-refractivity contribution is 0.0691. The quantitative estimate of drug-likeness (QED) is 0.446. The first-order valence-corrected chi connectivity index (χ1v) is 11.3. The number of hydrogen-bond donors (Lipinski definition) is 0. The molecule has 0 aliphatic carbocycles. The minimum Gasteiger partial charge on any atom is -0.416 e. The van der Waals surface area contributed by atoms with Crippen LogP contribution in [0.2, 0.25) is 0 Å². The van der Waals surface area contributed by atoms with Crippen molar-refractivity contribution in [1.82, 2.24) is 4.90 Å². The van der Waals surface area contributed by atoms with Crippen LogP contribution in [-0.2, 0) is 0 Å². The fourth-order valence-corrected chi connectivity index (χ4v) is 4.72. The van der Waals surface area contributed by atoms with E-state index in [1.807, 2.05) is 48.5 Å². The predicted molar refractivity (Wildman–Crippen MR) is 132 cm³/mol. The fourth-order valence-electron chi connectivity index (χ4n) is 4.72. The zero-order valence-electron chi connectivity index (χ0n) is 18.8. The molecule has 0 unspecified atom stereocenters. The van der Waals surface area contributed by atoms with Crippen molar-refractivity contribution in [2.45, 2.75) is 19.9 Å². The maximum atomic E-state index is 13.7. The topological polar surface area (TPSA) is 53.8 Å². The highest BCUT2D eigenvalue weighted by Crippen LogP contribution is 2.32. The second-order valence-electron chi connectivity index (χ2n) is 8.64. The summed E-state index contributed by atoms with van der Waals surface area (Å²) in [6, 6.07) is 25.5. The Hall–Kier alpha value is -3.86. The van der Waals surface area contributed by atoms with Crippen LogP contribution in [0.15, 0.2) is 88.1 Å². The monoisotopic (exact) mass is 438 g/mol. The lowest BCUT2D eigenvalue weighted by Crippen LogP contribution is -2.54. The van der Waals surface area contributed by atoms with Gasteiger partial charge in [0.15, 0.2) is 0 Å². The Bertz CT molecular complexity index is 1380. The normalized spacial score (nSPS) is 16.2. The molecule has 166 valence electrons. The van der Waals surface area contributed by atoms with E-state index < -0.39 is 5.63 Å². The summed E-state index contributed by atoms with van der Waals surface area (Å²) < 4.78 is 5.69. The molecule has 3 aromatic carbocycles. The minimum absolute atomic E-state index is 0.112. The van der Waals surface area contributed by atoms with Gasteiger partial charge >= 0.3 is 5.63 Å². The number of benzene rings is 3. The van der Waals surface area contributed by atoms with Gasteiger partial charge in [-0.25, -0.2) is 4.79 Å². The lowest BCUT2D eigenvalue weighted by atomic mass is 9.97. The first-order chi connectivity index (χ1) is 16.0. The van der Waals surface area contributed by atoms with Crippen molar-refractivity contribution in [2.24, 2.45) is 0 Å². The number of amides is 1. The number of aryl methyl sites for hydroxylation is 1. The van der Waals surface area contributed by atoms with Crippen molar-refractivity contribution in [3.8, 4) is 11.1 Å². The zero-order valence-corrected chi connectivity index (χ0v) is 18.8. The van der Waals surface area contributed by atoms with Crippen LogP contribution in [0.3, 0.4) is 0 Å². The van der Waals surface area contributed by atoms with Gasteiger partial charge in [0.05, 0.1) is 5.39 Å². The molecule has 1 aliphatic rings. The molecule has 5 rings (SSSR count). The molecule has 33 heavy (non-hydrogen) atoms. The third-order valence-corrected chi connectivity index (χ3v) is 6.34. The van der Waals surface area contributed by atoms with E-state index in [0.29, 0.717) is 24.0 Å². The fraction of sp³-hybridized carbons (Fsp3) is 0.214. The third-order valence-electron chi connectivity index (χ3n) is 6.34. The van der Waals surface area contributed by atoms with Crippen molar-refractivity contribution in [1.29, 1.82) is 0 Å². The molecule has 1 atom stereocenters. The highest BCUT2D eigenvalue weighted by atomic mass is 16.4. The summed E-state index contributed by atoms with van der Waals surface area (Å²) in [5.74, 6) is -0.131. The van der Waals surface area contributed by atoms with Crippen molar-refractivity contribution < 1.29 is 9.21 Å². The van der Waals surface area contributed by atoms with E-state index in [9.17, 15) is 9.59 Å². The van der Waals surface area contributed by atoms with Gasteiger partial charge in [-0.15, -0.1) is 0 Å². The number of carbonyl (C=O) groups excluding carboxylic acids is 1. The highest BCUT2D eigenvalue weighted by Gasteiger charge is 2.31. The summed E-state index contributed by atoms with van der Waals surface area (Å²) in [5, 5.41) is 1.21. The van der Waals surface area contributed by atoms with Crippen LogP contribution in [0.4, 0.5) is 5.69 Å². The summed E-state index contributed by atoms with van der Waals surface area (Å²) in [5.41, 5.74) is 3.41. The van der Waals surface area contributed by atoms with Crippen LogP contribution in [0.5, 0.6) is 0 Å². The smallest absolute Gasteiger partial charge is 0.344 e. The zero-order chi connectivity index (χ0) is 22.9. The van der Waals surface area contributed by atoms with Crippen LogP contribution >= 0.6 is 0 Å². The predicted octanol–water partition coefficient (Wildman–Crippen LogP) is 5.12. The van der Waals surface area contributed by atoms with E-state index in [0.717, 1.165) is 23.2 Å². The second kappa shape index (κ2) is 8.58. The molecule has 5 heteroatoms. The number of nitrogens with zero attached hydrogens (tertiary/aromatic N) is 2. The number of piperazine rings is 1. The molecular formula is C28H26N2O3. The van der Waals surface area contributed by atoms with Gasteiger partial charge in [-0.2, -0.15) is 0 Å². The van der Waals surface area contributed by atoms with Gasteiger partial charge < -0.3 is 14.2 Å². The van der Waals surface area contributed by atoms with Gasteiger partial charge in [-0.1, -0.05) is 60.7 Å².